The van der Waals surface area contributed by atoms with E-state index >= 15 is 0 Å². The maximum Gasteiger partial charge on any atom is 0.277 e. The summed E-state index contributed by atoms with van der Waals surface area (Å²) >= 11 is 1.09. The Morgan fingerprint density at radius 1 is 1.13 bits per heavy atom. The van der Waals surface area contributed by atoms with Gasteiger partial charge in [0, 0.05) is 24.2 Å². The normalized spacial score (nSPS) is 16.2. The average Bonchev–Trinajstić information content (AvgIpc) is 3.11. The van der Waals surface area contributed by atoms with Crippen LogP contribution in [0.5, 0.6) is 0 Å². The number of hydrogen-bond donors (Lipinski definition) is 1. The molecule has 3 rings (SSSR count). The van der Waals surface area contributed by atoms with Crippen LogP contribution in [0.1, 0.15) is 29.8 Å². The van der Waals surface area contributed by atoms with E-state index in [0.29, 0.717) is 18.8 Å². The van der Waals surface area contributed by atoms with Crippen LogP contribution in [-0.4, -0.2) is 41.3 Å². The Bertz CT molecular complexity index is 767. The molecule has 0 radical (unpaired) electrons. The van der Waals surface area contributed by atoms with Gasteiger partial charge >= 0.3 is 0 Å². The molecule has 122 valence electrons. The van der Waals surface area contributed by atoms with Crippen molar-refractivity contribution in [1.29, 1.82) is 0 Å². The lowest BCUT2D eigenvalue weighted by atomic mass is 10.2. The smallest absolute Gasteiger partial charge is 0.277 e. The lowest BCUT2D eigenvalue weighted by molar-refractivity contribution is 0.102. The number of carbonyl (C=O) groups excluding carboxylic acids is 1. The zero-order chi connectivity index (χ0) is 16.3. The molecular formula is C14H16N4O3S2. The first-order chi connectivity index (χ1) is 11.1. The van der Waals surface area contributed by atoms with E-state index in [2.05, 4.69) is 14.9 Å². The summed E-state index contributed by atoms with van der Waals surface area (Å²) in [6.07, 6.45) is 2.87. The fourth-order valence-corrected chi connectivity index (χ4v) is 4.38. The van der Waals surface area contributed by atoms with Crippen molar-refractivity contribution in [3.05, 3.63) is 35.3 Å². The summed E-state index contributed by atoms with van der Waals surface area (Å²) in [5.74, 6) is -0.370. The van der Waals surface area contributed by atoms with Crippen LogP contribution in [-0.2, 0) is 10.0 Å². The van der Waals surface area contributed by atoms with Crippen molar-refractivity contribution < 1.29 is 13.2 Å². The second-order valence-corrected chi connectivity index (χ2v) is 7.78. The van der Waals surface area contributed by atoms with Crippen LogP contribution in [0.15, 0.2) is 34.5 Å². The maximum atomic E-state index is 12.5. The molecule has 0 atom stereocenters. The van der Waals surface area contributed by atoms with Gasteiger partial charge in [-0.05, 0) is 48.6 Å². The van der Waals surface area contributed by atoms with Crippen LogP contribution in [0.3, 0.4) is 0 Å². The Morgan fingerprint density at radius 3 is 2.43 bits per heavy atom. The van der Waals surface area contributed by atoms with E-state index in [0.717, 1.165) is 30.8 Å². The van der Waals surface area contributed by atoms with Gasteiger partial charge in [-0.25, -0.2) is 8.42 Å². The number of carbonyl (C=O) groups is 1. The number of sulfonamides is 1. The molecule has 1 aromatic carbocycles. The summed E-state index contributed by atoms with van der Waals surface area (Å²) < 4.78 is 30.2. The third kappa shape index (κ3) is 3.57. The SMILES string of the molecule is O=C(Nc1ccc(S(=O)(=O)N2CCCCC2)cc1)c1csnn1. The average molecular weight is 352 g/mol. The summed E-state index contributed by atoms with van der Waals surface area (Å²) in [6, 6.07) is 6.18. The fourth-order valence-electron chi connectivity index (χ4n) is 2.42. The van der Waals surface area contributed by atoms with E-state index in [1.807, 2.05) is 0 Å². The van der Waals surface area contributed by atoms with E-state index < -0.39 is 10.0 Å². The van der Waals surface area contributed by atoms with E-state index in [-0.39, 0.29) is 16.5 Å². The quantitative estimate of drug-likeness (QED) is 0.908. The third-order valence-electron chi connectivity index (χ3n) is 3.66. The lowest BCUT2D eigenvalue weighted by Crippen LogP contribution is -2.35. The van der Waals surface area contributed by atoms with Gasteiger partial charge in [0.05, 0.1) is 4.90 Å². The highest BCUT2D eigenvalue weighted by Gasteiger charge is 2.25. The standard InChI is InChI=1S/C14H16N4O3S2/c19-14(13-10-22-17-16-13)15-11-4-6-12(7-5-11)23(20,21)18-8-2-1-3-9-18/h4-7,10H,1-3,8-9H2,(H,15,19). The summed E-state index contributed by atoms with van der Waals surface area (Å²) in [5, 5.41) is 7.89. The molecule has 23 heavy (non-hydrogen) atoms. The van der Waals surface area contributed by atoms with Gasteiger partial charge in [-0.1, -0.05) is 10.9 Å². The molecule has 2 aromatic rings. The van der Waals surface area contributed by atoms with E-state index in [9.17, 15) is 13.2 Å². The Kier molecular flexibility index (Phi) is 4.69. The molecule has 1 N–H and O–H groups in total. The van der Waals surface area contributed by atoms with Gasteiger partial charge in [0.25, 0.3) is 5.91 Å². The minimum atomic E-state index is -3.45. The molecule has 0 saturated carbocycles. The summed E-state index contributed by atoms with van der Waals surface area (Å²) in [7, 11) is -3.45. The molecule has 1 aliphatic rings. The van der Waals surface area contributed by atoms with Gasteiger partial charge in [0.2, 0.25) is 10.0 Å². The Hall–Kier alpha value is -1.84. The maximum absolute atomic E-state index is 12.5. The Balaban J connectivity index is 1.72. The Labute approximate surface area is 138 Å². The largest absolute Gasteiger partial charge is 0.321 e. The Morgan fingerprint density at radius 2 is 1.83 bits per heavy atom. The van der Waals surface area contributed by atoms with Crippen molar-refractivity contribution in [3.8, 4) is 0 Å². The van der Waals surface area contributed by atoms with E-state index in [1.54, 1.807) is 17.5 Å². The predicted molar refractivity (Wildman–Crippen MR) is 86.9 cm³/mol. The molecule has 1 saturated heterocycles. The molecule has 1 fully saturated rings. The minimum absolute atomic E-state index is 0.236. The van der Waals surface area contributed by atoms with Crippen LogP contribution >= 0.6 is 11.5 Å². The highest BCUT2D eigenvalue weighted by atomic mass is 32.2. The minimum Gasteiger partial charge on any atom is -0.321 e. The zero-order valence-corrected chi connectivity index (χ0v) is 13.9. The number of piperidine rings is 1. The van der Waals surface area contributed by atoms with Crippen LogP contribution in [0.2, 0.25) is 0 Å². The molecule has 0 unspecified atom stereocenters. The number of benzene rings is 1. The third-order valence-corrected chi connectivity index (χ3v) is 6.08. The molecule has 1 aromatic heterocycles. The predicted octanol–water partition coefficient (Wildman–Crippen LogP) is 1.97. The van der Waals surface area contributed by atoms with Gasteiger partial charge in [0.15, 0.2) is 5.69 Å². The second kappa shape index (κ2) is 6.73. The van der Waals surface area contributed by atoms with Crippen LogP contribution in [0, 0.1) is 0 Å². The monoisotopic (exact) mass is 352 g/mol. The first kappa shape index (κ1) is 16.0. The van der Waals surface area contributed by atoms with Crippen LogP contribution < -0.4 is 5.32 Å². The number of nitrogens with one attached hydrogen (secondary N) is 1. The number of anilines is 1. The van der Waals surface area contributed by atoms with E-state index in [4.69, 9.17) is 0 Å². The van der Waals surface area contributed by atoms with Gasteiger partial charge in [-0.15, -0.1) is 5.10 Å². The molecule has 9 heteroatoms. The first-order valence-corrected chi connectivity index (χ1v) is 9.54. The van der Waals surface area contributed by atoms with Crippen molar-refractivity contribution in [1.82, 2.24) is 13.9 Å². The van der Waals surface area contributed by atoms with E-state index in [1.165, 1.54) is 16.4 Å². The van der Waals surface area contributed by atoms with Crippen LogP contribution in [0.4, 0.5) is 5.69 Å². The fraction of sp³-hybridized carbons (Fsp3) is 0.357. The van der Waals surface area contributed by atoms with Crippen molar-refractivity contribution in [2.45, 2.75) is 24.2 Å². The highest BCUT2D eigenvalue weighted by Crippen LogP contribution is 2.22. The molecular weight excluding hydrogens is 336 g/mol. The number of amides is 1. The molecule has 0 aliphatic carbocycles. The van der Waals surface area contributed by atoms with Gasteiger partial charge in [-0.3, -0.25) is 4.79 Å². The number of rotatable bonds is 4. The zero-order valence-electron chi connectivity index (χ0n) is 12.3. The summed E-state index contributed by atoms with van der Waals surface area (Å²) in [5.41, 5.74) is 0.751. The number of nitrogens with zero attached hydrogens (tertiary/aromatic N) is 3. The molecule has 2 heterocycles. The number of hydrogen-bond acceptors (Lipinski definition) is 6. The lowest BCUT2D eigenvalue weighted by Gasteiger charge is -2.25. The van der Waals surface area contributed by atoms with Crippen LogP contribution in [0.25, 0.3) is 0 Å². The van der Waals surface area contributed by atoms with Gasteiger partial charge < -0.3 is 5.32 Å². The van der Waals surface area contributed by atoms with Crippen molar-refractivity contribution in [2.24, 2.45) is 0 Å². The second-order valence-electron chi connectivity index (χ2n) is 5.23. The molecule has 7 nitrogen and oxygen atoms in total. The first-order valence-electron chi connectivity index (χ1n) is 7.26. The van der Waals surface area contributed by atoms with Crippen molar-refractivity contribution >= 4 is 33.2 Å². The van der Waals surface area contributed by atoms with Crippen molar-refractivity contribution in [2.75, 3.05) is 18.4 Å². The van der Waals surface area contributed by atoms with Gasteiger partial charge in [0.1, 0.15) is 0 Å². The molecule has 0 bridgehead atoms. The molecule has 0 spiro atoms. The summed E-state index contributed by atoms with van der Waals surface area (Å²) in [6.45, 7) is 1.13. The van der Waals surface area contributed by atoms with Gasteiger partial charge in [-0.2, -0.15) is 4.31 Å². The number of aromatic nitrogens is 2. The molecule has 1 amide bonds. The molecule has 1 aliphatic heterocycles. The van der Waals surface area contributed by atoms with Crippen molar-refractivity contribution in [3.63, 3.8) is 0 Å². The highest BCUT2D eigenvalue weighted by molar-refractivity contribution is 7.89. The topological polar surface area (TPSA) is 92.3 Å². The summed E-state index contributed by atoms with van der Waals surface area (Å²) in [4.78, 5) is 12.1.